The number of rotatable bonds is 4. The van der Waals surface area contributed by atoms with Gasteiger partial charge in [-0.2, -0.15) is 0 Å². The average Bonchev–Trinajstić information content (AvgIpc) is 3.27. The monoisotopic (exact) mass is 449 g/mol. The largest absolute Gasteiger partial charge is 0.351 e. The molecule has 1 atom stereocenters. The average molecular weight is 450 g/mol. The third-order valence-corrected chi connectivity index (χ3v) is 8.04. The van der Waals surface area contributed by atoms with Crippen LogP contribution in [0.25, 0.3) is 10.2 Å². The maximum Gasteiger partial charge on any atom is 0.271 e. The highest BCUT2D eigenvalue weighted by Crippen LogP contribution is 2.35. The van der Waals surface area contributed by atoms with Gasteiger partial charge >= 0.3 is 0 Å². The SMILES string of the molecule is Cc1ccc(CN2C(=O)c3cc4sccc4n3C[C@@]2(C)C(=O)NC2CCCCCC2)cc1. The highest BCUT2D eigenvalue weighted by molar-refractivity contribution is 7.17. The van der Waals surface area contributed by atoms with Crippen LogP contribution in [0.15, 0.2) is 41.8 Å². The zero-order valence-corrected chi connectivity index (χ0v) is 19.7. The number of aromatic nitrogens is 1. The van der Waals surface area contributed by atoms with E-state index in [9.17, 15) is 9.59 Å². The second-order valence-corrected chi connectivity index (χ2v) is 10.5. The molecule has 0 unspecified atom stereocenters. The Hall–Kier alpha value is -2.60. The Kier molecular flexibility index (Phi) is 5.58. The quantitative estimate of drug-likeness (QED) is 0.552. The molecular weight excluding hydrogens is 418 g/mol. The number of benzene rings is 1. The van der Waals surface area contributed by atoms with Crippen molar-refractivity contribution in [2.24, 2.45) is 0 Å². The molecule has 1 N–H and O–H groups in total. The Balaban J connectivity index is 1.51. The fourth-order valence-electron chi connectivity index (χ4n) is 5.16. The molecule has 0 radical (unpaired) electrons. The van der Waals surface area contributed by atoms with Gasteiger partial charge in [0.15, 0.2) is 0 Å². The van der Waals surface area contributed by atoms with Gasteiger partial charge in [-0.15, -0.1) is 11.3 Å². The third-order valence-electron chi connectivity index (χ3n) is 7.19. The lowest BCUT2D eigenvalue weighted by Crippen LogP contribution is -2.64. The van der Waals surface area contributed by atoms with Gasteiger partial charge in [-0.05, 0) is 49.8 Å². The van der Waals surface area contributed by atoms with Gasteiger partial charge in [0.2, 0.25) is 5.91 Å². The van der Waals surface area contributed by atoms with Crippen LogP contribution in [-0.2, 0) is 17.9 Å². The normalized spacial score (nSPS) is 22.1. The Bertz CT molecular complexity index is 1140. The number of hydrogen-bond acceptors (Lipinski definition) is 3. The summed E-state index contributed by atoms with van der Waals surface area (Å²) < 4.78 is 3.14. The lowest BCUT2D eigenvalue weighted by molar-refractivity contribution is -0.134. The first-order valence-electron chi connectivity index (χ1n) is 11.7. The molecule has 168 valence electrons. The van der Waals surface area contributed by atoms with Crippen molar-refractivity contribution in [1.82, 2.24) is 14.8 Å². The molecular formula is C26H31N3O2S. The summed E-state index contributed by atoms with van der Waals surface area (Å²) in [6, 6.07) is 12.5. The molecule has 1 fully saturated rings. The molecule has 32 heavy (non-hydrogen) atoms. The minimum Gasteiger partial charge on any atom is -0.351 e. The number of thiophene rings is 1. The van der Waals surface area contributed by atoms with Crippen molar-refractivity contribution in [3.8, 4) is 0 Å². The van der Waals surface area contributed by atoms with Gasteiger partial charge in [0.1, 0.15) is 11.2 Å². The van der Waals surface area contributed by atoms with Gasteiger partial charge in [-0.1, -0.05) is 55.5 Å². The van der Waals surface area contributed by atoms with E-state index in [1.54, 1.807) is 16.2 Å². The Morgan fingerprint density at radius 1 is 1.12 bits per heavy atom. The molecule has 3 heterocycles. The topological polar surface area (TPSA) is 54.3 Å². The van der Waals surface area contributed by atoms with Crippen molar-refractivity contribution in [3.63, 3.8) is 0 Å². The van der Waals surface area contributed by atoms with Crippen LogP contribution in [0.4, 0.5) is 0 Å². The molecule has 2 aromatic heterocycles. The first-order chi connectivity index (χ1) is 15.5. The molecule has 0 saturated heterocycles. The van der Waals surface area contributed by atoms with E-state index in [0.717, 1.165) is 41.5 Å². The molecule has 1 aliphatic carbocycles. The van der Waals surface area contributed by atoms with E-state index in [0.29, 0.717) is 18.8 Å². The van der Waals surface area contributed by atoms with Crippen molar-refractivity contribution in [2.45, 2.75) is 77.0 Å². The molecule has 6 heteroatoms. The molecule has 1 aliphatic heterocycles. The molecule has 0 spiro atoms. The summed E-state index contributed by atoms with van der Waals surface area (Å²) in [5, 5.41) is 5.38. The summed E-state index contributed by atoms with van der Waals surface area (Å²) in [5.74, 6) is -0.105. The summed E-state index contributed by atoms with van der Waals surface area (Å²) in [7, 11) is 0. The molecule has 1 saturated carbocycles. The maximum absolute atomic E-state index is 13.8. The molecule has 0 bridgehead atoms. The number of nitrogens with zero attached hydrogens (tertiary/aromatic N) is 2. The van der Waals surface area contributed by atoms with Crippen molar-refractivity contribution >= 4 is 33.4 Å². The summed E-state index contributed by atoms with van der Waals surface area (Å²) >= 11 is 1.64. The van der Waals surface area contributed by atoms with Gasteiger partial charge < -0.3 is 14.8 Å². The number of hydrogen-bond donors (Lipinski definition) is 1. The molecule has 3 aromatic rings. The molecule has 1 aromatic carbocycles. The van der Waals surface area contributed by atoms with Crippen molar-refractivity contribution in [1.29, 1.82) is 0 Å². The smallest absolute Gasteiger partial charge is 0.271 e. The number of carbonyl (C=O) groups excluding carboxylic acids is 2. The Labute approximate surface area is 193 Å². The first kappa shape index (κ1) is 21.3. The van der Waals surface area contributed by atoms with Crippen molar-refractivity contribution in [2.75, 3.05) is 0 Å². The zero-order valence-electron chi connectivity index (χ0n) is 18.9. The maximum atomic E-state index is 13.8. The van der Waals surface area contributed by atoms with Gasteiger partial charge in [0.05, 0.1) is 16.8 Å². The van der Waals surface area contributed by atoms with Gasteiger partial charge in [0, 0.05) is 12.6 Å². The summed E-state index contributed by atoms with van der Waals surface area (Å²) in [4.78, 5) is 29.3. The fraction of sp³-hybridized carbons (Fsp3) is 0.462. The zero-order chi connectivity index (χ0) is 22.3. The van der Waals surface area contributed by atoms with Gasteiger partial charge in [0.25, 0.3) is 5.91 Å². The summed E-state index contributed by atoms with van der Waals surface area (Å²) in [5.41, 5.74) is 3.00. The van der Waals surface area contributed by atoms with E-state index in [2.05, 4.69) is 42.6 Å². The van der Waals surface area contributed by atoms with Gasteiger partial charge in [-0.3, -0.25) is 9.59 Å². The molecule has 2 aliphatic rings. The minimum absolute atomic E-state index is 0.0346. The van der Waals surface area contributed by atoms with Crippen LogP contribution in [0.1, 0.15) is 67.1 Å². The third kappa shape index (κ3) is 3.75. The van der Waals surface area contributed by atoms with Gasteiger partial charge in [-0.25, -0.2) is 0 Å². The number of nitrogens with one attached hydrogen (secondary N) is 1. The minimum atomic E-state index is -0.949. The van der Waals surface area contributed by atoms with Crippen LogP contribution in [0.3, 0.4) is 0 Å². The van der Waals surface area contributed by atoms with Crippen LogP contribution < -0.4 is 5.32 Å². The lowest BCUT2D eigenvalue weighted by atomic mass is 9.93. The van der Waals surface area contributed by atoms with Crippen molar-refractivity contribution < 1.29 is 9.59 Å². The van der Waals surface area contributed by atoms with Crippen LogP contribution in [0.2, 0.25) is 0 Å². The standard InChI is InChI=1S/C26H31N3O2S/c1-18-9-11-19(12-10-18)16-29-24(30)22-15-23-21(13-14-32-23)28(22)17-26(29,2)25(31)27-20-7-5-3-4-6-8-20/h9-15,20H,3-8,16-17H2,1-2H3,(H,27,31)/t26-/m0/s1. The van der Waals surface area contributed by atoms with Crippen LogP contribution in [0.5, 0.6) is 0 Å². The number of carbonyl (C=O) groups is 2. The van der Waals surface area contributed by atoms with Crippen LogP contribution in [-0.4, -0.2) is 32.9 Å². The van der Waals surface area contributed by atoms with Crippen LogP contribution in [0, 0.1) is 6.92 Å². The second kappa shape index (κ2) is 8.39. The van der Waals surface area contributed by atoms with Crippen molar-refractivity contribution in [3.05, 3.63) is 58.6 Å². The highest BCUT2D eigenvalue weighted by atomic mass is 32.1. The summed E-state index contributed by atoms with van der Waals surface area (Å²) in [6.07, 6.45) is 6.85. The molecule has 2 amide bonds. The van der Waals surface area contributed by atoms with E-state index in [-0.39, 0.29) is 17.9 Å². The summed E-state index contributed by atoms with van der Waals surface area (Å²) in [6.45, 7) is 4.89. The Morgan fingerprint density at radius 3 is 2.56 bits per heavy atom. The number of amides is 2. The highest BCUT2D eigenvalue weighted by Gasteiger charge is 2.48. The molecule has 5 rings (SSSR count). The lowest BCUT2D eigenvalue weighted by Gasteiger charge is -2.44. The van der Waals surface area contributed by atoms with E-state index in [1.807, 2.05) is 22.9 Å². The number of aryl methyl sites for hydroxylation is 1. The predicted octanol–water partition coefficient (Wildman–Crippen LogP) is 5.26. The van der Waals surface area contributed by atoms with E-state index in [4.69, 9.17) is 0 Å². The Morgan fingerprint density at radius 2 is 1.84 bits per heavy atom. The predicted molar refractivity (Wildman–Crippen MR) is 129 cm³/mol. The van der Waals surface area contributed by atoms with Crippen LogP contribution >= 0.6 is 11.3 Å². The first-order valence-corrected chi connectivity index (χ1v) is 12.6. The van der Waals surface area contributed by atoms with E-state index < -0.39 is 5.54 Å². The second-order valence-electron chi connectivity index (χ2n) is 9.60. The molecule has 5 nitrogen and oxygen atoms in total. The van der Waals surface area contributed by atoms with E-state index >= 15 is 0 Å². The van der Waals surface area contributed by atoms with E-state index in [1.165, 1.54) is 18.4 Å². The number of fused-ring (bicyclic) bond motifs is 3. The fourth-order valence-corrected chi connectivity index (χ4v) is 5.98.